The van der Waals surface area contributed by atoms with Gasteiger partial charge in [-0.25, -0.2) is 0 Å². The summed E-state index contributed by atoms with van der Waals surface area (Å²) in [6.45, 7) is 1.77. The van der Waals surface area contributed by atoms with Gasteiger partial charge in [-0.15, -0.1) is 10.2 Å². The predicted molar refractivity (Wildman–Crippen MR) is 146 cm³/mol. The second kappa shape index (κ2) is 11.0. The zero-order valence-corrected chi connectivity index (χ0v) is 22.4. The van der Waals surface area contributed by atoms with Crippen molar-refractivity contribution in [2.45, 2.75) is 18.2 Å². The third kappa shape index (κ3) is 5.44. The number of ether oxygens (including phenoxy) is 1. The molecule has 0 aromatic heterocycles. The van der Waals surface area contributed by atoms with Crippen LogP contribution in [0, 0.1) is 0 Å². The Morgan fingerprint density at radius 3 is 2.47 bits per heavy atom. The minimum absolute atomic E-state index is 0.0843. The lowest BCUT2D eigenvalue weighted by atomic mass is 10.0. The minimum Gasteiger partial charge on any atom is -0.505 e. The average molecular weight is 574 g/mol. The maximum Gasteiger partial charge on any atom is 0.298 e. The highest BCUT2D eigenvalue weighted by Gasteiger charge is 2.23. The van der Waals surface area contributed by atoms with Gasteiger partial charge in [0.15, 0.2) is 5.75 Å². The largest absolute Gasteiger partial charge is 0.505 e. The molecule has 0 saturated carbocycles. The topological polar surface area (TPSA) is 138 Å². The zero-order chi connectivity index (χ0) is 27.6. The van der Waals surface area contributed by atoms with Gasteiger partial charge in [0.05, 0.1) is 22.7 Å². The molecule has 0 saturated heterocycles. The number of phenolic OH excluding ortho intramolecular Hbond substituents is 1. The van der Waals surface area contributed by atoms with Crippen molar-refractivity contribution in [2.24, 2.45) is 10.2 Å². The molecule has 0 aliphatic carbocycles. The molecule has 38 heavy (non-hydrogen) atoms. The van der Waals surface area contributed by atoms with Crippen LogP contribution in [0.5, 0.6) is 11.5 Å². The van der Waals surface area contributed by atoms with Crippen molar-refractivity contribution in [1.29, 1.82) is 0 Å². The van der Waals surface area contributed by atoms with Crippen LogP contribution in [0.1, 0.15) is 22.8 Å². The molecular weight excluding hydrogens is 553 g/mol. The second-order valence-corrected chi connectivity index (χ2v) is 10.2. The number of nitrogens with one attached hydrogen (secondary N) is 1. The molecule has 4 aromatic rings. The number of halogens is 2. The molecule has 0 fully saturated rings. The lowest BCUT2D eigenvalue weighted by Crippen LogP contribution is -2.12. The van der Waals surface area contributed by atoms with Gasteiger partial charge in [0.1, 0.15) is 22.0 Å². The first-order valence-electron chi connectivity index (χ1n) is 11.1. The quantitative estimate of drug-likeness (QED) is 0.156. The lowest BCUT2D eigenvalue weighted by Gasteiger charge is -2.12. The fraction of sp³-hybridized carbons (Fsp3) is 0.115. The van der Waals surface area contributed by atoms with Crippen molar-refractivity contribution in [1.82, 2.24) is 0 Å². The molecular formula is C26H21Cl2N3O6S. The number of benzene rings is 4. The second-order valence-electron chi connectivity index (χ2n) is 8.06. The molecule has 0 unspecified atom stereocenters. The normalized spacial score (nSPS) is 11.7. The van der Waals surface area contributed by atoms with E-state index in [1.165, 1.54) is 25.3 Å². The van der Waals surface area contributed by atoms with Gasteiger partial charge in [-0.05, 0) is 41.6 Å². The van der Waals surface area contributed by atoms with E-state index in [-0.39, 0.29) is 22.0 Å². The van der Waals surface area contributed by atoms with Crippen LogP contribution in [0.15, 0.2) is 75.8 Å². The fourth-order valence-electron chi connectivity index (χ4n) is 3.82. The number of carbonyl (C=O) groups is 1. The Bertz CT molecular complexity index is 1710. The van der Waals surface area contributed by atoms with Gasteiger partial charge in [-0.3, -0.25) is 9.35 Å². The molecule has 9 nitrogen and oxygen atoms in total. The number of rotatable bonds is 7. The van der Waals surface area contributed by atoms with Gasteiger partial charge < -0.3 is 15.2 Å². The number of aryl methyl sites for hydroxylation is 1. The maximum atomic E-state index is 13.1. The van der Waals surface area contributed by atoms with Gasteiger partial charge in [0.25, 0.3) is 16.0 Å². The van der Waals surface area contributed by atoms with Crippen LogP contribution < -0.4 is 10.1 Å². The smallest absolute Gasteiger partial charge is 0.298 e. The van der Waals surface area contributed by atoms with E-state index in [2.05, 4.69) is 15.5 Å². The number of azo groups is 1. The number of methoxy groups -OCH3 is 1. The van der Waals surface area contributed by atoms with Gasteiger partial charge in [0.2, 0.25) is 0 Å². The zero-order valence-electron chi connectivity index (χ0n) is 20.1. The van der Waals surface area contributed by atoms with E-state index in [0.29, 0.717) is 39.2 Å². The first-order chi connectivity index (χ1) is 18.0. The van der Waals surface area contributed by atoms with Crippen LogP contribution in [-0.4, -0.2) is 31.1 Å². The van der Waals surface area contributed by atoms with Crippen molar-refractivity contribution < 1.29 is 27.6 Å². The van der Waals surface area contributed by atoms with Crippen LogP contribution >= 0.6 is 23.2 Å². The van der Waals surface area contributed by atoms with Gasteiger partial charge in [-0.1, -0.05) is 60.5 Å². The van der Waals surface area contributed by atoms with Crippen LogP contribution in [-0.2, 0) is 16.5 Å². The molecule has 4 rings (SSSR count). The molecule has 4 aromatic carbocycles. The number of carbonyl (C=O) groups excluding carboxylic acids is 1. The number of phenols is 1. The van der Waals surface area contributed by atoms with Crippen LogP contribution in [0.4, 0.5) is 17.1 Å². The third-order valence-corrected chi connectivity index (χ3v) is 7.49. The predicted octanol–water partition coefficient (Wildman–Crippen LogP) is 7.34. The molecule has 0 atom stereocenters. The Balaban J connectivity index is 1.82. The third-order valence-electron chi connectivity index (χ3n) is 5.70. The molecule has 3 N–H and O–H groups in total. The fourth-order valence-corrected chi connectivity index (χ4v) is 5.33. The van der Waals surface area contributed by atoms with Crippen LogP contribution in [0.2, 0.25) is 10.0 Å². The number of amides is 1. The van der Waals surface area contributed by atoms with E-state index >= 15 is 0 Å². The van der Waals surface area contributed by atoms with Gasteiger partial charge in [0, 0.05) is 17.1 Å². The summed E-state index contributed by atoms with van der Waals surface area (Å²) in [5, 5.41) is 23.0. The van der Waals surface area contributed by atoms with E-state index in [1.807, 2.05) is 0 Å². The van der Waals surface area contributed by atoms with E-state index in [4.69, 9.17) is 27.9 Å². The first-order valence-corrected chi connectivity index (χ1v) is 13.3. The minimum atomic E-state index is -4.75. The molecule has 0 heterocycles. The Hall–Kier alpha value is -3.70. The Labute approximate surface area is 228 Å². The van der Waals surface area contributed by atoms with E-state index in [0.717, 1.165) is 0 Å². The van der Waals surface area contributed by atoms with Gasteiger partial charge in [-0.2, -0.15) is 8.42 Å². The summed E-state index contributed by atoms with van der Waals surface area (Å²) < 4.78 is 39.1. The summed E-state index contributed by atoms with van der Waals surface area (Å²) in [4.78, 5) is 12.5. The first kappa shape index (κ1) is 27.3. The molecule has 196 valence electrons. The highest BCUT2D eigenvalue weighted by atomic mass is 35.5. The highest BCUT2D eigenvalue weighted by Crippen LogP contribution is 2.41. The summed E-state index contributed by atoms with van der Waals surface area (Å²) in [6.07, 6.45) is 0.418. The summed E-state index contributed by atoms with van der Waals surface area (Å²) >= 11 is 12.3. The Morgan fingerprint density at radius 2 is 1.79 bits per heavy atom. The number of fused-ring (bicyclic) bond motifs is 1. The Morgan fingerprint density at radius 1 is 1.05 bits per heavy atom. The number of hydrogen-bond acceptors (Lipinski definition) is 7. The van der Waals surface area contributed by atoms with Crippen LogP contribution in [0.25, 0.3) is 10.8 Å². The van der Waals surface area contributed by atoms with E-state index in [9.17, 15) is 22.9 Å². The number of nitrogens with zero attached hydrogens (tertiary/aromatic N) is 2. The summed E-state index contributed by atoms with van der Waals surface area (Å²) in [6, 6.07) is 15.9. The Kier molecular flexibility index (Phi) is 7.89. The standard InChI is InChI=1S/C26H21Cl2N3O6S/c1-3-14-8-11-20(25(22(14)28)38(34,35)36)30-31-23-17-7-5-4-6-15(17)12-18(24(23)32)26(33)29-16-9-10-19(27)21(13-16)37-2/h4-13,32H,3H2,1-2H3,(H,29,33)(H,34,35,36). The number of hydrogen-bond donors (Lipinski definition) is 3. The molecule has 0 aliphatic rings. The molecule has 1 amide bonds. The average Bonchev–Trinajstić information content (AvgIpc) is 2.88. The summed E-state index contributed by atoms with van der Waals surface area (Å²) in [5.41, 5.74) is 0.431. The summed E-state index contributed by atoms with van der Waals surface area (Å²) in [5.74, 6) is -0.789. The van der Waals surface area contributed by atoms with E-state index < -0.39 is 26.7 Å². The number of anilines is 1. The molecule has 0 radical (unpaired) electrons. The van der Waals surface area contributed by atoms with Crippen molar-refractivity contribution in [3.8, 4) is 11.5 Å². The van der Waals surface area contributed by atoms with Gasteiger partial charge >= 0.3 is 0 Å². The van der Waals surface area contributed by atoms with Crippen molar-refractivity contribution >= 4 is 67.1 Å². The van der Waals surface area contributed by atoms with Crippen LogP contribution in [0.3, 0.4) is 0 Å². The molecule has 0 spiro atoms. The van der Waals surface area contributed by atoms with Crippen molar-refractivity contribution in [2.75, 3.05) is 12.4 Å². The molecule has 0 aliphatic heterocycles. The lowest BCUT2D eigenvalue weighted by molar-refractivity contribution is 0.102. The van der Waals surface area contributed by atoms with Crippen molar-refractivity contribution in [3.05, 3.63) is 81.8 Å². The SMILES string of the molecule is CCc1ccc(N=Nc2c(O)c(C(=O)Nc3ccc(Cl)c(OC)c3)cc3ccccc23)c(S(=O)(=O)O)c1Cl. The number of aromatic hydroxyl groups is 1. The van der Waals surface area contributed by atoms with Crippen molar-refractivity contribution in [3.63, 3.8) is 0 Å². The molecule has 0 bridgehead atoms. The monoisotopic (exact) mass is 573 g/mol. The highest BCUT2D eigenvalue weighted by molar-refractivity contribution is 7.86. The summed E-state index contributed by atoms with van der Waals surface area (Å²) in [7, 11) is -3.31. The maximum absolute atomic E-state index is 13.1. The van der Waals surface area contributed by atoms with E-state index in [1.54, 1.807) is 49.4 Å². The molecule has 12 heteroatoms.